The highest BCUT2D eigenvalue weighted by Gasteiger charge is 2.21. The molecule has 0 amide bonds. The smallest absolute Gasteiger partial charge is 0.347 e. The van der Waals surface area contributed by atoms with Crippen molar-refractivity contribution in [2.24, 2.45) is 0 Å². The molecule has 0 saturated heterocycles. The van der Waals surface area contributed by atoms with Gasteiger partial charge in [-0.15, -0.1) is 0 Å². The molecule has 10 heteroatoms. The van der Waals surface area contributed by atoms with E-state index in [0.717, 1.165) is 22.7 Å². The zero-order chi connectivity index (χ0) is 24.5. The quantitative estimate of drug-likeness (QED) is 0.198. The Morgan fingerprint density at radius 2 is 1.74 bits per heavy atom. The Morgan fingerprint density at radius 1 is 1.06 bits per heavy atom. The minimum Gasteiger partial charge on any atom is -0.497 e. The summed E-state index contributed by atoms with van der Waals surface area (Å²) in [7, 11) is 1.64. The fraction of sp³-hybridized carbons (Fsp3) is 0.333. The van der Waals surface area contributed by atoms with Crippen molar-refractivity contribution in [3.63, 3.8) is 0 Å². The van der Waals surface area contributed by atoms with E-state index in [2.05, 4.69) is 15.4 Å². The zero-order valence-electron chi connectivity index (χ0n) is 19.8. The van der Waals surface area contributed by atoms with Gasteiger partial charge in [0.25, 0.3) is 0 Å². The number of carbonyl (C=O) groups is 2. The highest BCUT2D eigenvalue weighted by atomic mass is 16.6. The van der Waals surface area contributed by atoms with E-state index in [4.69, 9.17) is 14.2 Å². The molecule has 1 aromatic carbocycles. The fourth-order valence-electron chi connectivity index (χ4n) is 3.22. The van der Waals surface area contributed by atoms with Crippen LogP contribution in [0.15, 0.2) is 54.6 Å². The van der Waals surface area contributed by atoms with Crippen LogP contribution in [-0.2, 0) is 32.2 Å². The van der Waals surface area contributed by atoms with Crippen molar-refractivity contribution in [2.45, 2.75) is 33.9 Å². The second-order valence-electron chi connectivity index (χ2n) is 7.36. The van der Waals surface area contributed by atoms with E-state index in [0.29, 0.717) is 18.9 Å². The van der Waals surface area contributed by atoms with Crippen molar-refractivity contribution < 1.29 is 23.8 Å². The summed E-state index contributed by atoms with van der Waals surface area (Å²) in [5, 5.41) is 7.47. The van der Waals surface area contributed by atoms with Crippen LogP contribution in [0.4, 0.5) is 5.82 Å². The maximum Gasteiger partial charge on any atom is 0.347 e. The van der Waals surface area contributed by atoms with Crippen molar-refractivity contribution in [1.29, 1.82) is 0 Å². The third kappa shape index (κ3) is 6.47. The normalized spacial score (nSPS) is 10.5. The second kappa shape index (κ2) is 11.7. The SMILES string of the molecule is CCOC(=O)C(=CNc1cc(C)nn1Cc1cn(Cc2ccc(OC)cc2)cn1)C(=O)OCC. The molecule has 3 rings (SSSR count). The topological polar surface area (TPSA) is 110 Å². The number of ether oxygens (including phenoxy) is 3. The molecule has 0 spiro atoms. The number of methoxy groups -OCH3 is 1. The second-order valence-corrected chi connectivity index (χ2v) is 7.36. The van der Waals surface area contributed by atoms with Crippen LogP contribution in [0, 0.1) is 6.92 Å². The van der Waals surface area contributed by atoms with Gasteiger partial charge >= 0.3 is 11.9 Å². The Bertz CT molecular complexity index is 1130. The average molecular weight is 468 g/mol. The number of nitrogens with one attached hydrogen (secondary N) is 1. The monoisotopic (exact) mass is 467 g/mol. The Labute approximate surface area is 198 Å². The van der Waals surface area contributed by atoms with E-state index in [1.165, 1.54) is 6.20 Å². The fourth-order valence-corrected chi connectivity index (χ4v) is 3.22. The lowest BCUT2D eigenvalue weighted by Gasteiger charge is -2.09. The van der Waals surface area contributed by atoms with E-state index in [9.17, 15) is 9.59 Å². The van der Waals surface area contributed by atoms with Crippen molar-refractivity contribution in [3.8, 4) is 5.75 Å². The number of aromatic nitrogens is 4. The van der Waals surface area contributed by atoms with Gasteiger partial charge in [0.2, 0.25) is 0 Å². The minimum atomic E-state index is -0.756. The predicted octanol–water partition coefficient (Wildman–Crippen LogP) is 2.92. The standard InChI is InChI=1S/C24H29N5O5/c1-5-33-23(30)21(24(31)34-6-2)12-25-22-11-17(3)27-29(22)15-19-14-28(16-26-19)13-18-7-9-20(32-4)10-8-18/h7-12,14,16,25H,5-6,13,15H2,1-4H3. The molecule has 0 bridgehead atoms. The number of hydrogen-bond acceptors (Lipinski definition) is 8. The third-order valence-electron chi connectivity index (χ3n) is 4.78. The van der Waals surface area contributed by atoms with E-state index >= 15 is 0 Å². The van der Waals surface area contributed by atoms with Gasteiger partial charge in [-0.1, -0.05) is 12.1 Å². The van der Waals surface area contributed by atoms with Gasteiger partial charge in [-0.2, -0.15) is 5.10 Å². The first-order valence-electron chi connectivity index (χ1n) is 10.9. The summed E-state index contributed by atoms with van der Waals surface area (Å²) in [4.78, 5) is 28.8. The number of rotatable bonds is 11. The number of carbonyl (C=O) groups excluding carboxylic acids is 2. The van der Waals surface area contributed by atoms with Gasteiger partial charge in [-0.05, 0) is 38.5 Å². The molecule has 3 aromatic rings. The lowest BCUT2D eigenvalue weighted by atomic mass is 10.2. The van der Waals surface area contributed by atoms with Crippen LogP contribution >= 0.6 is 0 Å². The molecule has 1 N–H and O–H groups in total. The van der Waals surface area contributed by atoms with Crippen LogP contribution < -0.4 is 10.1 Å². The molecule has 10 nitrogen and oxygen atoms in total. The number of hydrogen-bond donors (Lipinski definition) is 1. The van der Waals surface area contributed by atoms with Gasteiger partial charge in [-0.25, -0.2) is 19.3 Å². The van der Waals surface area contributed by atoms with E-state index in [1.807, 2.05) is 42.0 Å². The number of imidazole rings is 1. The maximum absolute atomic E-state index is 12.2. The number of anilines is 1. The Hall–Kier alpha value is -4.08. The largest absolute Gasteiger partial charge is 0.497 e. The molecule has 0 aliphatic heterocycles. The molecule has 0 radical (unpaired) electrons. The van der Waals surface area contributed by atoms with E-state index < -0.39 is 11.9 Å². The molecular formula is C24H29N5O5. The molecule has 0 aliphatic rings. The number of esters is 2. The third-order valence-corrected chi connectivity index (χ3v) is 4.78. The number of aryl methyl sites for hydroxylation is 1. The van der Waals surface area contributed by atoms with Crippen LogP contribution in [0.1, 0.15) is 30.8 Å². The van der Waals surface area contributed by atoms with Gasteiger partial charge in [0.05, 0.1) is 44.6 Å². The molecule has 0 saturated carbocycles. The van der Waals surface area contributed by atoms with Crippen molar-refractivity contribution in [2.75, 3.05) is 25.6 Å². The van der Waals surface area contributed by atoms with Gasteiger partial charge in [-0.3, -0.25) is 0 Å². The first kappa shape index (κ1) is 24.6. The Balaban J connectivity index is 1.73. The molecule has 180 valence electrons. The lowest BCUT2D eigenvalue weighted by Crippen LogP contribution is -2.20. The van der Waals surface area contributed by atoms with Gasteiger partial charge in [0.15, 0.2) is 5.57 Å². The summed E-state index contributed by atoms with van der Waals surface area (Å²) in [5.41, 5.74) is 2.47. The van der Waals surface area contributed by atoms with Crippen LogP contribution in [0.5, 0.6) is 5.75 Å². The molecule has 0 fully saturated rings. The molecule has 0 unspecified atom stereocenters. The number of nitrogens with zero attached hydrogens (tertiary/aromatic N) is 4. The van der Waals surface area contributed by atoms with E-state index in [1.54, 1.807) is 38.0 Å². The molecule has 2 aromatic heterocycles. The van der Waals surface area contributed by atoms with Crippen LogP contribution in [0.3, 0.4) is 0 Å². The first-order valence-corrected chi connectivity index (χ1v) is 10.9. The highest BCUT2D eigenvalue weighted by molar-refractivity contribution is 6.14. The maximum atomic E-state index is 12.2. The molecule has 0 aliphatic carbocycles. The van der Waals surface area contributed by atoms with Gasteiger partial charge in [0, 0.05) is 25.0 Å². The zero-order valence-corrected chi connectivity index (χ0v) is 19.8. The van der Waals surface area contributed by atoms with Crippen molar-refractivity contribution in [1.82, 2.24) is 19.3 Å². The summed E-state index contributed by atoms with van der Waals surface area (Å²) in [5.74, 6) is -0.109. The van der Waals surface area contributed by atoms with Gasteiger partial charge in [0.1, 0.15) is 11.6 Å². The summed E-state index contributed by atoms with van der Waals surface area (Å²) >= 11 is 0. The Morgan fingerprint density at radius 3 is 2.35 bits per heavy atom. The van der Waals surface area contributed by atoms with E-state index in [-0.39, 0.29) is 18.8 Å². The molecule has 34 heavy (non-hydrogen) atoms. The minimum absolute atomic E-state index is 0.145. The summed E-state index contributed by atoms with van der Waals surface area (Å²) in [6, 6.07) is 9.67. The van der Waals surface area contributed by atoms with Crippen molar-refractivity contribution >= 4 is 17.8 Å². The first-order chi connectivity index (χ1) is 16.4. The predicted molar refractivity (Wildman–Crippen MR) is 125 cm³/mol. The van der Waals surface area contributed by atoms with Crippen LogP contribution in [-0.4, -0.2) is 51.6 Å². The summed E-state index contributed by atoms with van der Waals surface area (Å²) in [6.45, 7) is 6.54. The number of benzene rings is 1. The molecular weight excluding hydrogens is 438 g/mol. The molecule has 0 atom stereocenters. The Kier molecular flexibility index (Phi) is 8.44. The van der Waals surface area contributed by atoms with Crippen molar-refractivity contribution in [3.05, 3.63) is 71.6 Å². The highest BCUT2D eigenvalue weighted by Crippen LogP contribution is 2.15. The lowest BCUT2D eigenvalue weighted by molar-refractivity contribution is -0.146. The van der Waals surface area contributed by atoms with Crippen LogP contribution in [0.2, 0.25) is 0 Å². The van der Waals surface area contributed by atoms with Gasteiger partial charge < -0.3 is 24.1 Å². The summed E-state index contributed by atoms with van der Waals surface area (Å²) in [6.07, 6.45) is 5.00. The van der Waals surface area contributed by atoms with Crippen LogP contribution in [0.25, 0.3) is 0 Å². The average Bonchev–Trinajstić information content (AvgIpc) is 3.40. The molecule has 2 heterocycles. The summed E-state index contributed by atoms with van der Waals surface area (Å²) < 4.78 is 18.8.